The van der Waals surface area contributed by atoms with E-state index in [-0.39, 0.29) is 0 Å². The van der Waals surface area contributed by atoms with Gasteiger partial charge in [-0.25, -0.2) is 0 Å². The molecule has 0 aromatic carbocycles. The molecule has 15 heavy (non-hydrogen) atoms. The van der Waals surface area contributed by atoms with E-state index in [0.717, 1.165) is 25.2 Å². The minimum atomic E-state index is 0.935. The molecule has 4 heteroatoms. The Morgan fingerprint density at radius 3 is 3.20 bits per heavy atom. The molecule has 0 N–H and O–H groups in total. The third kappa shape index (κ3) is 1.69. The van der Waals surface area contributed by atoms with Gasteiger partial charge in [0.05, 0.1) is 0 Å². The van der Waals surface area contributed by atoms with E-state index in [9.17, 15) is 0 Å². The molecule has 0 aliphatic carbocycles. The Kier molecular flexibility index (Phi) is 2.29. The fraction of sp³-hybridized carbons (Fsp3) is 0.455. The van der Waals surface area contributed by atoms with Gasteiger partial charge in [-0.1, -0.05) is 6.07 Å². The molecule has 1 aliphatic heterocycles. The van der Waals surface area contributed by atoms with Gasteiger partial charge < -0.3 is 4.57 Å². The fourth-order valence-corrected chi connectivity index (χ4v) is 2.77. The number of nitrogens with zero attached hydrogens (tertiary/aromatic N) is 3. The van der Waals surface area contributed by atoms with Crippen LogP contribution in [0.25, 0.3) is 0 Å². The first-order valence-corrected chi connectivity index (χ1v) is 6.25. The lowest BCUT2D eigenvalue weighted by atomic mass is 10.1. The summed E-state index contributed by atoms with van der Waals surface area (Å²) in [4.78, 5) is 1.37. The zero-order chi connectivity index (χ0) is 10.1. The van der Waals surface area contributed by atoms with Gasteiger partial charge in [0.25, 0.3) is 0 Å². The molecular formula is C11H13N3S. The number of fused-ring (bicyclic) bond motifs is 1. The third-order valence-corrected chi connectivity index (χ3v) is 3.72. The second kappa shape index (κ2) is 3.77. The lowest BCUT2D eigenvalue weighted by Gasteiger charge is -2.14. The lowest BCUT2D eigenvalue weighted by molar-refractivity contribution is 0.511. The highest BCUT2D eigenvalue weighted by Gasteiger charge is 2.15. The smallest absolute Gasteiger partial charge is 0.138 e. The van der Waals surface area contributed by atoms with Gasteiger partial charge in [-0.3, -0.25) is 0 Å². The average molecular weight is 219 g/mol. The van der Waals surface area contributed by atoms with Gasteiger partial charge in [0.1, 0.15) is 11.6 Å². The second-order valence-electron chi connectivity index (χ2n) is 3.90. The number of aromatic nitrogens is 3. The van der Waals surface area contributed by atoms with Crippen LogP contribution in [-0.2, 0) is 19.4 Å². The molecule has 0 saturated heterocycles. The molecule has 2 aromatic heterocycles. The van der Waals surface area contributed by atoms with Crippen LogP contribution in [0.2, 0.25) is 0 Å². The van der Waals surface area contributed by atoms with Crippen LogP contribution in [0.5, 0.6) is 0 Å². The highest BCUT2D eigenvalue weighted by molar-refractivity contribution is 7.09. The van der Waals surface area contributed by atoms with Crippen molar-refractivity contribution in [2.24, 2.45) is 0 Å². The first kappa shape index (κ1) is 9.09. The molecule has 1 aliphatic rings. The van der Waals surface area contributed by atoms with E-state index in [1.54, 1.807) is 11.3 Å². The summed E-state index contributed by atoms with van der Waals surface area (Å²) >= 11 is 1.79. The lowest BCUT2D eigenvalue weighted by Crippen LogP contribution is -2.13. The molecule has 78 valence electrons. The molecule has 0 spiro atoms. The van der Waals surface area contributed by atoms with Crippen molar-refractivity contribution < 1.29 is 0 Å². The van der Waals surface area contributed by atoms with E-state index in [4.69, 9.17) is 0 Å². The van der Waals surface area contributed by atoms with Crippen LogP contribution in [0.15, 0.2) is 17.5 Å². The van der Waals surface area contributed by atoms with Gasteiger partial charge in [0.15, 0.2) is 0 Å². The molecule has 0 amide bonds. The number of hydrogen-bond acceptors (Lipinski definition) is 3. The third-order valence-electron chi connectivity index (χ3n) is 2.85. The quantitative estimate of drug-likeness (QED) is 0.775. The maximum Gasteiger partial charge on any atom is 0.138 e. The Balaban J connectivity index is 1.89. The summed E-state index contributed by atoms with van der Waals surface area (Å²) in [6.07, 6.45) is 4.56. The summed E-state index contributed by atoms with van der Waals surface area (Å²) < 4.78 is 2.29. The highest BCUT2D eigenvalue weighted by atomic mass is 32.1. The van der Waals surface area contributed by atoms with E-state index >= 15 is 0 Å². The number of rotatable bonds is 2. The zero-order valence-corrected chi connectivity index (χ0v) is 9.33. The van der Waals surface area contributed by atoms with E-state index in [1.807, 2.05) is 0 Å². The maximum absolute atomic E-state index is 4.29. The normalized spacial score (nSPS) is 15.2. The molecule has 0 fully saturated rings. The van der Waals surface area contributed by atoms with Crippen LogP contribution in [0, 0.1) is 0 Å². The summed E-state index contributed by atoms with van der Waals surface area (Å²) in [7, 11) is 0. The summed E-state index contributed by atoms with van der Waals surface area (Å²) in [5.41, 5.74) is 0. The van der Waals surface area contributed by atoms with Crippen LogP contribution in [0.1, 0.15) is 29.4 Å². The van der Waals surface area contributed by atoms with Gasteiger partial charge in [-0.15, -0.1) is 21.5 Å². The van der Waals surface area contributed by atoms with Crippen molar-refractivity contribution in [2.45, 2.75) is 32.2 Å². The van der Waals surface area contributed by atoms with Crippen molar-refractivity contribution in [3.05, 3.63) is 34.0 Å². The molecule has 0 radical (unpaired) electrons. The first-order valence-electron chi connectivity index (χ1n) is 5.37. The first-order chi connectivity index (χ1) is 7.43. The van der Waals surface area contributed by atoms with E-state index < -0.39 is 0 Å². The minimum absolute atomic E-state index is 0.935. The van der Waals surface area contributed by atoms with Crippen LogP contribution in [0.4, 0.5) is 0 Å². The SMILES string of the molecule is c1csc(Cc2nnc3n2CCCC3)c1. The van der Waals surface area contributed by atoms with Gasteiger partial charge in [0, 0.05) is 24.3 Å². The molecule has 0 unspecified atom stereocenters. The van der Waals surface area contributed by atoms with E-state index in [2.05, 4.69) is 32.3 Å². The molecule has 2 aromatic rings. The summed E-state index contributed by atoms with van der Waals surface area (Å²) in [6.45, 7) is 1.10. The second-order valence-corrected chi connectivity index (χ2v) is 4.93. The highest BCUT2D eigenvalue weighted by Crippen LogP contribution is 2.18. The average Bonchev–Trinajstić information content (AvgIpc) is 2.89. The predicted octanol–water partition coefficient (Wildman–Crippen LogP) is 2.27. The van der Waals surface area contributed by atoms with Crippen LogP contribution in [0.3, 0.4) is 0 Å². The van der Waals surface area contributed by atoms with E-state index in [1.165, 1.54) is 23.5 Å². The monoisotopic (exact) mass is 219 g/mol. The summed E-state index contributed by atoms with van der Waals surface area (Å²) in [5.74, 6) is 2.31. The van der Waals surface area contributed by atoms with Gasteiger partial charge in [-0.05, 0) is 24.3 Å². The molecule has 0 saturated carbocycles. The molecule has 3 heterocycles. The van der Waals surface area contributed by atoms with Crippen LogP contribution < -0.4 is 0 Å². The van der Waals surface area contributed by atoms with Crippen LogP contribution >= 0.6 is 11.3 Å². The van der Waals surface area contributed by atoms with Crippen molar-refractivity contribution in [3.63, 3.8) is 0 Å². The van der Waals surface area contributed by atoms with Gasteiger partial charge in [-0.2, -0.15) is 0 Å². The number of thiophene rings is 1. The fourth-order valence-electron chi connectivity index (χ4n) is 2.07. The Morgan fingerprint density at radius 1 is 1.33 bits per heavy atom. The summed E-state index contributed by atoms with van der Waals surface area (Å²) in [5, 5.41) is 10.7. The van der Waals surface area contributed by atoms with Crippen molar-refractivity contribution in [1.82, 2.24) is 14.8 Å². The Labute approximate surface area is 92.8 Å². The Hall–Kier alpha value is -1.16. The van der Waals surface area contributed by atoms with Gasteiger partial charge in [0.2, 0.25) is 0 Å². The number of aryl methyl sites for hydroxylation is 1. The molecular weight excluding hydrogens is 206 g/mol. The molecule has 0 bridgehead atoms. The zero-order valence-electron chi connectivity index (χ0n) is 8.52. The van der Waals surface area contributed by atoms with Crippen molar-refractivity contribution in [1.29, 1.82) is 0 Å². The Bertz CT molecular complexity index is 444. The summed E-state index contributed by atoms with van der Waals surface area (Å²) in [6, 6.07) is 4.25. The van der Waals surface area contributed by atoms with Gasteiger partial charge >= 0.3 is 0 Å². The molecule has 3 nitrogen and oxygen atoms in total. The topological polar surface area (TPSA) is 30.7 Å². The largest absolute Gasteiger partial charge is 0.315 e. The van der Waals surface area contributed by atoms with Crippen molar-refractivity contribution in [3.8, 4) is 0 Å². The van der Waals surface area contributed by atoms with E-state index in [0.29, 0.717) is 0 Å². The minimum Gasteiger partial charge on any atom is -0.315 e. The molecule has 3 rings (SSSR count). The Morgan fingerprint density at radius 2 is 2.33 bits per heavy atom. The number of hydrogen-bond donors (Lipinski definition) is 0. The predicted molar refractivity (Wildman–Crippen MR) is 60.1 cm³/mol. The van der Waals surface area contributed by atoms with Crippen molar-refractivity contribution in [2.75, 3.05) is 0 Å². The standard InChI is InChI=1S/C11H13N3S/c1-2-6-14-10(5-1)12-13-11(14)8-9-4-3-7-15-9/h3-4,7H,1-2,5-6,8H2. The maximum atomic E-state index is 4.29. The van der Waals surface area contributed by atoms with Crippen LogP contribution in [-0.4, -0.2) is 14.8 Å². The molecule has 0 atom stereocenters. The van der Waals surface area contributed by atoms with Crippen molar-refractivity contribution >= 4 is 11.3 Å².